The van der Waals surface area contributed by atoms with Gasteiger partial charge in [-0.2, -0.15) is 5.10 Å². The molecule has 1 unspecified atom stereocenters. The zero-order valence-electron chi connectivity index (χ0n) is 14.5. The van der Waals surface area contributed by atoms with E-state index in [4.69, 9.17) is 9.47 Å². The van der Waals surface area contributed by atoms with Crippen LogP contribution in [0.1, 0.15) is 30.4 Å². The minimum Gasteiger partial charge on any atom is -0.490 e. The molecule has 3 rings (SSSR count). The van der Waals surface area contributed by atoms with Gasteiger partial charge in [-0.05, 0) is 30.2 Å². The number of nitrogens with zero attached hydrogens (tertiary/aromatic N) is 2. The summed E-state index contributed by atoms with van der Waals surface area (Å²) in [4.78, 5) is 11.9. The van der Waals surface area contributed by atoms with E-state index in [1.807, 2.05) is 55.5 Å². The average molecular weight is 338 g/mol. The second kappa shape index (κ2) is 7.83. The first-order valence-electron chi connectivity index (χ1n) is 8.41. The Bertz CT molecular complexity index is 759. The molecule has 25 heavy (non-hydrogen) atoms. The van der Waals surface area contributed by atoms with E-state index in [1.165, 1.54) is 5.01 Å². The van der Waals surface area contributed by atoms with Gasteiger partial charge in [0.25, 0.3) is 0 Å². The standard InChI is InChI=1S/C20H22N2O3/c1-3-24-18-10-9-16(17-12-20(23)22(2)21-13-17)11-19(18)25-14-15-7-5-4-6-8-15/h4-11,13,17H,3,12,14H2,1-2H3. The third kappa shape index (κ3) is 4.18. The highest BCUT2D eigenvalue weighted by Gasteiger charge is 2.22. The lowest BCUT2D eigenvalue weighted by molar-refractivity contribution is -0.130. The van der Waals surface area contributed by atoms with E-state index >= 15 is 0 Å². The van der Waals surface area contributed by atoms with Crippen LogP contribution in [0.2, 0.25) is 0 Å². The van der Waals surface area contributed by atoms with Gasteiger partial charge in [0.1, 0.15) is 6.61 Å². The monoisotopic (exact) mass is 338 g/mol. The van der Waals surface area contributed by atoms with E-state index in [0.717, 1.165) is 11.1 Å². The SMILES string of the molecule is CCOc1ccc(C2C=NN(C)C(=O)C2)cc1OCc1ccccc1. The predicted molar refractivity (Wildman–Crippen MR) is 97.0 cm³/mol. The average Bonchev–Trinajstić information content (AvgIpc) is 2.64. The van der Waals surface area contributed by atoms with Crippen LogP contribution in [0.25, 0.3) is 0 Å². The lowest BCUT2D eigenvalue weighted by Crippen LogP contribution is -2.28. The molecule has 1 heterocycles. The summed E-state index contributed by atoms with van der Waals surface area (Å²) in [5, 5.41) is 5.51. The Kier molecular flexibility index (Phi) is 5.33. The maximum Gasteiger partial charge on any atom is 0.243 e. The summed E-state index contributed by atoms with van der Waals surface area (Å²) in [5.74, 6) is 1.35. The fourth-order valence-electron chi connectivity index (χ4n) is 2.70. The molecule has 0 aliphatic carbocycles. The molecule has 1 atom stereocenters. The molecule has 0 spiro atoms. The molecule has 130 valence electrons. The Hall–Kier alpha value is -2.82. The minimum absolute atomic E-state index is 0.00754. The highest BCUT2D eigenvalue weighted by molar-refractivity contribution is 5.86. The number of amides is 1. The van der Waals surface area contributed by atoms with Gasteiger partial charge >= 0.3 is 0 Å². The van der Waals surface area contributed by atoms with Crippen LogP contribution in [0.15, 0.2) is 53.6 Å². The van der Waals surface area contributed by atoms with Crippen molar-refractivity contribution in [2.75, 3.05) is 13.7 Å². The van der Waals surface area contributed by atoms with Crippen molar-refractivity contribution in [1.82, 2.24) is 5.01 Å². The third-order valence-electron chi connectivity index (χ3n) is 4.11. The summed E-state index contributed by atoms with van der Waals surface area (Å²) in [7, 11) is 1.67. The Morgan fingerprint density at radius 3 is 2.64 bits per heavy atom. The Labute approximate surface area is 147 Å². The summed E-state index contributed by atoms with van der Waals surface area (Å²) in [6, 6.07) is 15.8. The first-order valence-corrected chi connectivity index (χ1v) is 8.41. The van der Waals surface area contributed by atoms with Crippen LogP contribution in [0.3, 0.4) is 0 Å². The van der Waals surface area contributed by atoms with Crippen molar-refractivity contribution in [3.63, 3.8) is 0 Å². The molecular formula is C20H22N2O3. The molecule has 2 aromatic carbocycles. The van der Waals surface area contributed by atoms with E-state index in [-0.39, 0.29) is 11.8 Å². The van der Waals surface area contributed by atoms with Gasteiger partial charge in [0.2, 0.25) is 5.91 Å². The number of carbonyl (C=O) groups is 1. The summed E-state index contributed by atoms with van der Waals surface area (Å²) in [5.41, 5.74) is 2.09. The molecule has 0 fully saturated rings. The van der Waals surface area contributed by atoms with E-state index < -0.39 is 0 Å². The molecule has 0 N–H and O–H groups in total. The lowest BCUT2D eigenvalue weighted by Gasteiger charge is -2.22. The maximum atomic E-state index is 11.9. The second-order valence-electron chi connectivity index (χ2n) is 5.91. The number of hydrogen-bond acceptors (Lipinski definition) is 4. The topological polar surface area (TPSA) is 51.1 Å². The zero-order chi connectivity index (χ0) is 17.6. The lowest BCUT2D eigenvalue weighted by atomic mass is 9.95. The van der Waals surface area contributed by atoms with E-state index in [9.17, 15) is 4.79 Å². The fraction of sp³-hybridized carbons (Fsp3) is 0.300. The summed E-state index contributed by atoms with van der Waals surface area (Å²) < 4.78 is 11.7. The van der Waals surface area contributed by atoms with Gasteiger partial charge in [0.05, 0.1) is 6.61 Å². The van der Waals surface area contributed by atoms with Gasteiger partial charge in [-0.15, -0.1) is 0 Å². The van der Waals surface area contributed by atoms with Crippen molar-refractivity contribution < 1.29 is 14.3 Å². The number of rotatable bonds is 6. The van der Waals surface area contributed by atoms with Gasteiger partial charge in [0.15, 0.2) is 11.5 Å². The summed E-state index contributed by atoms with van der Waals surface area (Å²) in [6.45, 7) is 2.97. The van der Waals surface area contributed by atoms with E-state index in [0.29, 0.717) is 31.1 Å². The van der Waals surface area contributed by atoms with Crippen molar-refractivity contribution in [2.24, 2.45) is 5.10 Å². The van der Waals surface area contributed by atoms with Crippen molar-refractivity contribution in [3.8, 4) is 11.5 Å². The molecule has 2 aromatic rings. The molecule has 1 amide bonds. The Balaban J connectivity index is 1.82. The maximum absolute atomic E-state index is 11.9. The molecule has 1 aliphatic rings. The number of carbonyl (C=O) groups excluding carboxylic acids is 1. The molecule has 5 heteroatoms. The number of ether oxygens (including phenoxy) is 2. The molecule has 0 radical (unpaired) electrons. The van der Waals surface area contributed by atoms with Crippen molar-refractivity contribution in [2.45, 2.75) is 25.9 Å². The second-order valence-corrected chi connectivity index (χ2v) is 5.91. The normalized spacial score (nSPS) is 16.8. The van der Waals surface area contributed by atoms with Crippen LogP contribution >= 0.6 is 0 Å². The molecule has 1 aliphatic heterocycles. The molecule has 0 aromatic heterocycles. The highest BCUT2D eigenvalue weighted by Crippen LogP contribution is 2.33. The van der Waals surface area contributed by atoms with Crippen molar-refractivity contribution in [1.29, 1.82) is 0 Å². The van der Waals surface area contributed by atoms with Crippen molar-refractivity contribution >= 4 is 12.1 Å². The number of hydrazone groups is 1. The van der Waals surface area contributed by atoms with E-state index in [2.05, 4.69) is 5.10 Å². The predicted octanol–water partition coefficient (Wildman–Crippen LogP) is 3.60. The van der Waals surface area contributed by atoms with Gasteiger partial charge in [-0.25, -0.2) is 5.01 Å². The molecule has 0 saturated carbocycles. The van der Waals surface area contributed by atoms with Crippen LogP contribution in [0.5, 0.6) is 11.5 Å². The molecular weight excluding hydrogens is 316 g/mol. The Morgan fingerprint density at radius 1 is 1.12 bits per heavy atom. The third-order valence-corrected chi connectivity index (χ3v) is 4.11. The summed E-state index contributed by atoms with van der Waals surface area (Å²) >= 11 is 0. The van der Waals surface area contributed by atoms with Crippen LogP contribution in [0, 0.1) is 0 Å². The molecule has 5 nitrogen and oxygen atoms in total. The molecule has 0 saturated heterocycles. The number of benzene rings is 2. The summed E-state index contributed by atoms with van der Waals surface area (Å²) in [6.07, 6.45) is 2.21. The van der Waals surface area contributed by atoms with Gasteiger partial charge < -0.3 is 9.47 Å². The van der Waals surface area contributed by atoms with Gasteiger partial charge in [-0.3, -0.25) is 4.79 Å². The quantitative estimate of drug-likeness (QED) is 0.809. The zero-order valence-corrected chi connectivity index (χ0v) is 14.5. The largest absolute Gasteiger partial charge is 0.490 e. The van der Waals surface area contributed by atoms with Gasteiger partial charge in [0, 0.05) is 25.6 Å². The minimum atomic E-state index is -0.0431. The van der Waals surface area contributed by atoms with Crippen LogP contribution < -0.4 is 9.47 Å². The van der Waals surface area contributed by atoms with Crippen LogP contribution in [0.4, 0.5) is 0 Å². The first-order chi connectivity index (χ1) is 12.2. The van der Waals surface area contributed by atoms with Crippen LogP contribution in [-0.2, 0) is 11.4 Å². The number of hydrogen-bond donors (Lipinski definition) is 0. The first kappa shape index (κ1) is 17.0. The van der Waals surface area contributed by atoms with Crippen LogP contribution in [-0.4, -0.2) is 30.8 Å². The van der Waals surface area contributed by atoms with Crippen molar-refractivity contribution in [3.05, 3.63) is 59.7 Å². The van der Waals surface area contributed by atoms with Gasteiger partial charge in [-0.1, -0.05) is 36.4 Å². The fourth-order valence-corrected chi connectivity index (χ4v) is 2.70. The molecule has 0 bridgehead atoms. The Morgan fingerprint density at radius 2 is 1.92 bits per heavy atom. The van der Waals surface area contributed by atoms with E-state index in [1.54, 1.807) is 13.3 Å². The highest BCUT2D eigenvalue weighted by atomic mass is 16.5. The smallest absolute Gasteiger partial charge is 0.243 e.